The van der Waals surface area contributed by atoms with E-state index in [1.54, 1.807) is 18.3 Å². The topological polar surface area (TPSA) is 94.3 Å². The Balaban J connectivity index is 2.23. The van der Waals surface area contributed by atoms with Crippen LogP contribution in [0.1, 0.15) is 5.69 Å². The SMILES string of the molecule is NCCOCCNS(=O)(=O)CCc1ccccn1. The molecule has 0 atom stereocenters. The van der Waals surface area contributed by atoms with Gasteiger partial charge in [-0.25, -0.2) is 13.1 Å². The van der Waals surface area contributed by atoms with Crippen LogP contribution in [0.5, 0.6) is 0 Å². The Morgan fingerprint density at radius 2 is 2.17 bits per heavy atom. The monoisotopic (exact) mass is 273 g/mol. The maximum atomic E-state index is 11.6. The van der Waals surface area contributed by atoms with Gasteiger partial charge >= 0.3 is 0 Å². The molecule has 0 saturated carbocycles. The Bertz CT molecular complexity index is 422. The molecule has 0 fully saturated rings. The van der Waals surface area contributed by atoms with Crippen LogP contribution in [0.3, 0.4) is 0 Å². The van der Waals surface area contributed by atoms with Crippen molar-refractivity contribution in [2.75, 3.05) is 32.1 Å². The summed E-state index contributed by atoms with van der Waals surface area (Å²) in [7, 11) is -3.27. The quantitative estimate of drug-likeness (QED) is 0.593. The zero-order chi connectivity index (χ0) is 13.3. The van der Waals surface area contributed by atoms with Crippen LogP contribution in [0.4, 0.5) is 0 Å². The van der Waals surface area contributed by atoms with Crippen LogP contribution in [0.2, 0.25) is 0 Å². The summed E-state index contributed by atoms with van der Waals surface area (Å²) < 4.78 is 30.8. The Morgan fingerprint density at radius 1 is 1.33 bits per heavy atom. The predicted molar refractivity (Wildman–Crippen MR) is 69.6 cm³/mol. The van der Waals surface area contributed by atoms with Gasteiger partial charge in [0.25, 0.3) is 0 Å². The maximum absolute atomic E-state index is 11.6. The third-order valence-electron chi connectivity index (χ3n) is 2.18. The summed E-state index contributed by atoms with van der Waals surface area (Å²) >= 11 is 0. The second-order valence-corrected chi connectivity index (χ2v) is 5.61. The van der Waals surface area contributed by atoms with E-state index < -0.39 is 10.0 Å². The molecule has 1 rings (SSSR count). The zero-order valence-corrected chi connectivity index (χ0v) is 11.0. The van der Waals surface area contributed by atoms with Gasteiger partial charge in [0.2, 0.25) is 10.0 Å². The van der Waals surface area contributed by atoms with Crippen LogP contribution in [-0.4, -0.2) is 45.5 Å². The third-order valence-corrected chi connectivity index (χ3v) is 3.57. The summed E-state index contributed by atoms with van der Waals surface area (Å²) in [6.45, 7) is 1.48. The van der Waals surface area contributed by atoms with Crippen LogP contribution >= 0.6 is 0 Å². The lowest BCUT2D eigenvalue weighted by Gasteiger charge is -2.06. The first-order valence-corrected chi connectivity index (χ1v) is 7.44. The van der Waals surface area contributed by atoms with Crippen LogP contribution in [0.15, 0.2) is 24.4 Å². The van der Waals surface area contributed by atoms with Gasteiger partial charge in [-0.3, -0.25) is 4.98 Å². The van der Waals surface area contributed by atoms with Crippen molar-refractivity contribution >= 4 is 10.0 Å². The molecule has 102 valence electrons. The highest BCUT2D eigenvalue weighted by atomic mass is 32.2. The Kier molecular flexibility index (Phi) is 6.81. The molecule has 7 heteroatoms. The van der Waals surface area contributed by atoms with Crippen molar-refractivity contribution in [3.8, 4) is 0 Å². The van der Waals surface area contributed by atoms with Crippen molar-refractivity contribution in [1.82, 2.24) is 9.71 Å². The highest BCUT2D eigenvalue weighted by Crippen LogP contribution is 1.97. The van der Waals surface area contributed by atoms with E-state index in [2.05, 4.69) is 9.71 Å². The van der Waals surface area contributed by atoms with E-state index in [-0.39, 0.29) is 12.3 Å². The number of ether oxygens (including phenoxy) is 1. The van der Waals surface area contributed by atoms with Gasteiger partial charge in [-0.1, -0.05) is 6.07 Å². The Morgan fingerprint density at radius 3 is 2.83 bits per heavy atom. The van der Waals surface area contributed by atoms with E-state index in [0.29, 0.717) is 26.2 Å². The average Bonchev–Trinajstić information content (AvgIpc) is 2.38. The van der Waals surface area contributed by atoms with Crippen molar-refractivity contribution in [3.63, 3.8) is 0 Å². The van der Waals surface area contributed by atoms with E-state index in [1.165, 1.54) is 0 Å². The van der Waals surface area contributed by atoms with Gasteiger partial charge in [0, 0.05) is 31.4 Å². The van der Waals surface area contributed by atoms with Crippen molar-refractivity contribution in [2.24, 2.45) is 5.73 Å². The minimum Gasteiger partial charge on any atom is -0.379 e. The highest BCUT2D eigenvalue weighted by molar-refractivity contribution is 7.89. The van der Waals surface area contributed by atoms with Crippen molar-refractivity contribution in [3.05, 3.63) is 30.1 Å². The lowest BCUT2D eigenvalue weighted by Crippen LogP contribution is -2.30. The standard InChI is InChI=1S/C11H19N3O3S/c12-5-8-17-9-7-14-18(15,16)10-4-11-3-1-2-6-13-11/h1-3,6,14H,4-5,7-10,12H2. The number of sulfonamides is 1. The smallest absolute Gasteiger partial charge is 0.212 e. The van der Waals surface area contributed by atoms with E-state index in [1.807, 2.05) is 6.07 Å². The fraction of sp³-hybridized carbons (Fsp3) is 0.545. The minimum absolute atomic E-state index is 0.0287. The summed E-state index contributed by atoms with van der Waals surface area (Å²) in [6, 6.07) is 5.44. The van der Waals surface area contributed by atoms with Gasteiger partial charge < -0.3 is 10.5 Å². The number of aryl methyl sites for hydroxylation is 1. The first-order valence-electron chi connectivity index (χ1n) is 5.79. The van der Waals surface area contributed by atoms with Crippen molar-refractivity contribution < 1.29 is 13.2 Å². The van der Waals surface area contributed by atoms with Gasteiger partial charge in [0.1, 0.15) is 0 Å². The van der Waals surface area contributed by atoms with Crippen LogP contribution in [0, 0.1) is 0 Å². The molecule has 0 radical (unpaired) electrons. The molecule has 0 bridgehead atoms. The molecule has 0 aliphatic carbocycles. The lowest BCUT2D eigenvalue weighted by atomic mass is 10.3. The summed E-state index contributed by atoms with van der Waals surface area (Å²) in [5.74, 6) is 0.0287. The number of rotatable bonds is 9. The molecule has 0 unspecified atom stereocenters. The molecule has 0 saturated heterocycles. The largest absolute Gasteiger partial charge is 0.379 e. The Labute approximate surface area is 108 Å². The molecule has 0 aliphatic rings. The number of pyridine rings is 1. The number of nitrogens with zero attached hydrogens (tertiary/aromatic N) is 1. The van der Waals surface area contributed by atoms with E-state index in [0.717, 1.165) is 5.69 Å². The molecule has 0 aromatic carbocycles. The zero-order valence-electron chi connectivity index (χ0n) is 10.2. The van der Waals surface area contributed by atoms with Gasteiger partial charge in [0.05, 0.1) is 19.0 Å². The molecule has 6 nitrogen and oxygen atoms in total. The lowest BCUT2D eigenvalue weighted by molar-refractivity contribution is 0.147. The number of aromatic nitrogens is 1. The normalized spacial score (nSPS) is 11.6. The first kappa shape index (κ1) is 15.0. The van der Waals surface area contributed by atoms with Gasteiger partial charge in [-0.05, 0) is 12.1 Å². The van der Waals surface area contributed by atoms with Crippen LogP contribution in [-0.2, 0) is 21.2 Å². The second kappa shape index (κ2) is 8.15. The minimum atomic E-state index is -3.27. The van der Waals surface area contributed by atoms with E-state index in [4.69, 9.17) is 10.5 Å². The fourth-order valence-corrected chi connectivity index (χ4v) is 2.33. The molecule has 0 aliphatic heterocycles. The molecule has 1 heterocycles. The molecular weight excluding hydrogens is 254 g/mol. The third kappa shape index (κ3) is 6.65. The van der Waals surface area contributed by atoms with Crippen molar-refractivity contribution in [1.29, 1.82) is 0 Å². The van der Waals surface area contributed by atoms with E-state index >= 15 is 0 Å². The molecule has 3 N–H and O–H groups in total. The molecule has 18 heavy (non-hydrogen) atoms. The molecule has 1 aromatic heterocycles. The summed E-state index contributed by atoms with van der Waals surface area (Å²) in [6.07, 6.45) is 2.05. The number of nitrogens with one attached hydrogen (secondary N) is 1. The second-order valence-electron chi connectivity index (χ2n) is 3.69. The van der Waals surface area contributed by atoms with E-state index in [9.17, 15) is 8.42 Å². The van der Waals surface area contributed by atoms with Crippen LogP contribution < -0.4 is 10.5 Å². The fourth-order valence-electron chi connectivity index (χ4n) is 1.31. The number of hydrogen-bond donors (Lipinski definition) is 2. The van der Waals surface area contributed by atoms with Gasteiger partial charge in [0.15, 0.2) is 0 Å². The maximum Gasteiger partial charge on any atom is 0.212 e. The first-order chi connectivity index (χ1) is 8.64. The Hall–Kier alpha value is -1.02. The van der Waals surface area contributed by atoms with Gasteiger partial charge in [-0.15, -0.1) is 0 Å². The number of hydrogen-bond acceptors (Lipinski definition) is 5. The molecule has 0 spiro atoms. The molecular formula is C11H19N3O3S. The summed E-state index contributed by atoms with van der Waals surface area (Å²) in [5, 5.41) is 0. The molecule has 0 amide bonds. The number of nitrogens with two attached hydrogens (primary N) is 1. The average molecular weight is 273 g/mol. The van der Waals surface area contributed by atoms with Crippen LogP contribution in [0.25, 0.3) is 0 Å². The van der Waals surface area contributed by atoms with Crippen molar-refractivity contribution in [2.45, 2.75) is 6.42 Å². The van der Waals surface area contributed by atoms with Gasteiger partial charge in [-0.2, -0.15) is 0 Å². The summed E-state index contributed by atoms with van der Waals surface area (Å²) in [5.41, 5.74) is 6.00. The summed E-state index contributed by atoms with van der Waals surface area (Å²) in [4.78, 5) is 4.07. The molecule has 1 aromatic rings. The highest BCUT2D eigenvalue weighted by Gasteiger charge is 2.09. The predicted octanol–water partition coefficient (Wildman–Crippen LogP) is -0.481.